The smallest absolute Gasteiger partial charge is 0.410 e. The lowest BCUT2D eigenvalue weighted by Gasteiger charge is -2.25. The van der Waals surface area contributed by atoms with Gasteiger partial charge in [-0.15, -0.1) is 0 Å². The third-order valence-corrected chi connectivity index (χ3v) is 4.35. The predicted molar refractivity (Wildman–Crippen MR) is 89.3 cm³/mol. The van der Waals surface area contributed by atoms with Crippen molar-refractivity contribution in [1.29, 1.82) is 0 Å². The average molecular weight is 318 g/mol. The molecule has 23 heavy (non-hydrogen) atoms. The van der Waals surface area contributed by atoms with Crippen LogP contribution in [0, 0.1) is 5.92 Å². The molecule has 2 amide bonds. The molecule has 1 heterocycles. The van der Waals surface area contributed by atoms with E-state index >= 15 is 0 Å². The Labute approximate surface area is 138 Å². The van der Waals surface area contributed by atoms with E-state index in [4.69, 9.17) is 4.74 Å². The van der Waals surface area contributed by atoms with Crippen molar-refractivity contribution in [2.24, 2.45) is 5.92 Å². The SMILES string of the molecule is CCC(CC)C(=O)N1CCCN(C(=O)Oc2ccccc2)CC1. The summed E-state index contributed by atoms with van der Waals surface area (Å²) in [4.78, 5) is 28.3. The van der Waals surface area contributed by atoms with Gasteiger partial charge in [-0.05, 0) is 31.4 Å². The van der Waals surface area contributed by atoms with E-state index in [9.17, 15) is 9.59 Å². The molecule has 0 radical (unpaired) electrons. The molecule has 5 nitrogen and oxygen atoms in total. The van der Waals surface area contributed by atoms with Gasteiger partial charge in [-0.2, -0.15) is 0 Å². The van der Waals surface area contributed by atoms with Crippen LogP contribution in [0.15, 0.2) is 30.3 Å². The number of ether oxygens (including phenoxy) is 1. The minimum atomic E-state index is -0.340. The Balaban J connectivity index is 1.90. The van der Waals surface area contributed by atoms with Crippen molar-refractivity contribution < 1.29 is 14.3 Å². The molecule has 0 aromatic heterocycles. The van der Waals surface area contributed by atoms with Gasteiger partial charge in [-0.3, -0.25) is 4.79 Å². The highest BCUT2D eigenvalue weighted by Gasteiger charge is 2.26. The summed E-state index contributed by atoms with van der Waals surface area (Å²) in [6.45, 7) is 6.54. The lowest BCUT2D eigenvalue weighted by Crippen LogP contribution is -2.40. The van der Waals surface area contributed by atoms with E-state index in [0.29, 0.717) is 31.9 Å². The first-order chi connectivity index (χ1) is 11.2. The van der Waals surface area contributed by atoms with Crippen molar-refractivity contribution in [1.82, 2.24) is 9.80 Å². The van der Waals surface area contributed by atoms with Crippen molar-refractivity contribution in [3.8, 4) is 5.75 Å². The molecule has 0 spiro atoms. The Bertz CT molecular complexity index is 514. The lowest BCUT2D eigenvalue weighted by molar-refractivity contribution is -0.135. The number of para-hydroxylation sites is 1. The van der Waals surface area contributed by atoms with E-state index in [1.165, 1.54) is 0 Å². The molecule has 0 saturated carbocycles. The van der Waals surface area contributed by atoms with Crippen LogP contribution >= 0.6 is 0 Å². The predicted octanol–water partition coefficient (Wildman–Crippen LogP) is 3.16. The highest BCUT2D eigenvalue weighted by atomic mass is 16.6. The number of carbonyl (C=O) groups is 2. The van der Waals surface area contributed by atoms with Crippen molar-refractivity contribution in [3.05, 3.63) is 30.3 Å². The molecule has 126 valence electrons. The van der Waals surface area contributed by atoms with Crippen molar-refractivity contribution >= 4 is 12.0 Å². The van der Waals surface area contributed by atoms with Gasteiger partial charge in [-0.25, -0.2) is 4.79 Å². The molecular formula is C18H26N2O3. The van der Waals surface area contributed by atoms with Gasteiger partial charge in [-0.1, -0.05) is 32.0 Å². The molecule has 2 rings (SSSR count). The van der Waals surface area contributed by atoms with Crippen LogP contribution in [-0.4, -0.2) is 48.0 Å². The maximum atomic E-state index is 12.5. The average Bonchev–Trinajstić information content (AvgIpc) is 2.83. The van der Waals surface area contributed by atoms with Crippen molar-refractivity contribution in [2.75, 3.05) is 26.2 Å². The molecule has 1 aliphatic heterocycles. The fourth-order valence-corrected chi connectivity index (χ4v) is 2.87. The van der Waals surface area contributed by atoms with E-state index in [2.05, 4.69) is 0 Å². The normalized spacial score (nSPS) is 15.4. The number of amides is 2. The van der Waals surface area contributed by atoms with Gasteiger partial charge in [0.2, 0.25) is 5.91 Å². The summed E-state index contributed by atoms with van der Waals surface area (Å²) < 4.78 is 5.38. The Morgan fingerprint density at radius 3 is 2.26 bits per heavy atom. The highest BCUT2D eigenvalue weighted by Crippen LogP contribution is 2.15. The van der Waals surface area contributed by atoms with E-state index in [1.54, 1.807) is 17.0 Å². The van der Waals surface area contributed by atoms with E-state index in [1.807, 2.05) is 36.9 Å². The maximum Gasteiger partial charge on any atom is 0.415 e. The molecule has 5 heteroatoms. The zero-order valence-electron chi connectivity index (χ0n) is 14.0. The fourth-order valence-electron chi connectivity index (χ4n) is 2.87. The summed E-state index contributed by atoms with van der Waals surface area (Å²) in [6, 6.07) is 9.07. The number of nitrogens with zero attached hydrogens (tertiary/aromatic N) is 2. The van der Waals surface area contributed by atoms with Gasteiger partial charge in [0.15, 0.2) is 0 Å². The molecule has 0 bridgehead atoms. The molecule has 0 atom stereocenters. The quantitative estimate of drug-likeness (QED) is 0.857. The van der Waals surface area contributed by atoms with E-state index < -0.39 is 0 Å². The van der Waals surface area contributed by atoms with E-state index in [0.717, 1.165) is 19.3 Å². The molecule has 1 aromatic rings. The summed E-state index contributed by atoms with van der Waals surface area (Å²) in [5, 5.41) is 0. The van der Waals surface area contributed by atoms with Crippen LogP contribution in [0.1, 0.15) is 33.1 Å². The third-order valence-electron chi connectivity index (χ3n) is 4.35. The van der Waals surface area contributed by atoms with Gasteiger partial charge in [0.05, 0.1) is 0 Å². The topological polar surface area (TPSA) is 49.9 Å². The second-order valence-electron chi connectivity index (χ2n) is 5.86. The van der Waals surface area contributed by atoms with Gasteiger partial charge in [0.1, 0.15) is 5.75 Å². The first kappa shape index (κ1) is 17.3. The molecule has 1 aliphatic rings. The molecule has 0 aliphatic carbocycles. The number of rotatable bonds is 4. The Kier molecular flexibility index (Phi) is 6.44. The standard InChI is InChI=1S/C18H26N2O3/c1-3-15(4-2)17(21)19-11-8-12-20(14-13-19)18(22)23-16-9-6-5-7-10-16/h5-7,9-10,15H,3-4,8,11-14H2,1-2H3. The van der Waals surface area contributed by atoms with Crippen LogP contribution in [0.3, 0.4) is 0 Å². The summed E-state index contributed by atoms with van der Waals surface area (Å²) in [5.74, 6) is 0.859. The second-order valence-corrected chi connectivity index (χ2v) is 5.86. The lowest BCUT2D eigenvalue weighted by atomic mass is 10.0. The number of benzene rings is 1. The van der Waals surface area contributed by atoms with Crippen LogP contribution < -0.4 is 4.74 Å². The molecule has 0 N–H and O–H groups in total. The minimum absolute atomic E-state index is 0.0952. The van der Waals surface area contributed by atoms with Crippen LogP contribution in [0.25, 0.3) is 0 Å². The molecule has 1 saturated heterocycles. The fraction of sp³-hybridized carbons (Fsp3) is 0.556. The first-order valence-electron chi connectivity index (χ1n) is 8.46. The zero-order chi connectivity index (χ0) is 16.7. The van der Waals surface area contributed by atoms with Gasteiger partial charge >= 0.3 is 6.09 Å². The summed E-state index contributed by atoms with van der Waals surface area (Å²) >= 11 is 0. The Morgan fingerprint density at radius 1 is 1.00 bits per heavy atom. The summed E-state index contributed by atoms with van der Waals surface area (Å²) in [7, 11) is 0. The van der Waals surface area contributed by atoms with Crippen LogP contribution in [0.2, 0.25) is 0 Å². The zero-order valence-corrected chi connectivity index (χ0v) is 14.0. The number of hydrogen-bond donors (Lipinski definition) is 0. The first-order valence-corrected chi connectivity index (χ1v) is 8.46. The molecule has 1 aromatic carbocycles. The van der Waals surface area contributed by atoms with Crippen LogP contribution in [0.5, 0.6) is 5.75 Å². The third kappa shape index (κ3) is 4.71. The highest BCUT2D eigenvalue weighted by molar-refractivity contribution is 5.79. The maximum absolute atomic E-state index is 12.5. The van der Waals surface area contributed by atoms with Crippen LogP contribution in [-0.2, 0) is 4.79 Å². The van der Waals surface area contributed by atoms with Crippen molar-refractivity contribution in [2.45, 2.75) is 33.1 Å². The van der Waals surface area contributed by atoms with Gasteiger partial charge < -0.3 is 14.5 Å². The molecular weight excluding hydrogens is 292 g/mol. The largest absolute Gasteiger partial charge is 0.415 e. The molecule has 0 unspecified atom stereocenters. The number of carbonyl (C=O) groups excluding carboxylic acids is 2. The summed E-state index contributed by atoms with van der Waals surface area (Å²) in [6.07, 6.45) is 2.18. The van der Waals surface area contributed by atoms with Crippen LogP contribution in [0.4, 0.5) is 4.79 Å². The monoisotopic (exact) mass is 318 g/mol. The Hall–Kier alpha value is -2.04. The number of hydrogen-bond acceptors (Lipinski definition) is 3. The van der Waals surface area contributed by atoms with Gasteiger partial charge in [0.25, 0.3) is 0 Å². The second kappa shape index (κ2) is 8.56. The van der Waals surface area contributed by atoms with E-state index in [-0.39, 0.29) is 17.9 Å². The minimum Gasteiger partial charge on any atom is -0.410 e. The Morgan fingerprint density at radius 2 is 1.61 bits per heavy atom. The molecule has 1 fully saturated rings. The van der Waals surface area contributed by atoms with Gasteiger partial charge in [0, 0.05) is 32.1 Å². The van der Waals surface area contributed by atoms with Crippen molar-refractivity contribution in [3.63, 3.8) is 0 Å². The summed E-state index contributed by atoms with van der Waals surface area (Å²) in [5.41, 5.74) is 0.